The van der Waals surface area contributed by atoms with Gasteiger partial charge in [0.1, 0.15) is 5.69 Å². The lowest BCUT2D eigenvalue weighted by Gasteiger charge is -1.99. The largest absolute Gasteiger partial charge is 0.318 e. The van der Waals surface area contributed by atoms with Gasteiger partial charge in [-0.25, -0.2) is 0 Å². The molecule has 1 aromatic carbocycles. The first-order valence-corrected chi connectivity index (χ1v) is 7.57. The molecule has 0 aliphatic rings. The smallest absolute Gasteiger partial charge is 0.297 e. The average Bonchev–Trinajstić information content (AvgIpc) is 3.00. The highest BCUT2D eigenvalue weighted by atomic mass is 35.5. The van der Waals surface area contributed by atoms with Gasteiger partial charge in [-0.05, 0) is 18.2 Å². The number of amides is 1. The third kappa shape index (κ3) is 2.39. The Labute approximate surface area is 134 Å². The van der Waals surface area contributed by atoms with Crippen LogP contribution in [-0.4, -0.2) is 20.3 Å². The number of hydrogen-bond acceptors (Lipinski definition) is 3. The van der Waals surface area contributed by atoms with Gasteiger partial charge >= 0.3 is 0 Å². The molecule has 8 heteroatoms. The van der Waals surface area contributed by atoms with Crippen molar-refractivity contribution in [3.63, 3.8) is 0 Å². The first-order chi connectivity index (χ1) is 9.99. The van der Waals surface area contributed by atoms with Crippen LogP contribution in [0.5, 0.6) is 0 Å². The van der Waals surface area contributed by atoms with E-state index in [1.165, 1.54) is 16.0 Å². The standard InChI is InChI=1S/C13H10Cl2N4OS/c1-18-10-7(14)3-4-8(15)11(10)21-13(18)17-12(20)9-5-6-16-19(9)2/h3-6H,1-2H3. The van der Waals surface area contributed by atoms with Crippen molar-refractivity contribution in [2.24, 2.45) is 19.1 Å². The van der Waals surface area contributed by atoms with Crippen LogP contribution < -0.4 is 4.80 Å². The van der Waals surface area contributed by atoms with E-state index in [9.17, 15) is 4.79 Å². The lowest BCUT2D eigenvalue weighted by atomic mass is 10.3. The minimum atomic E-state index is -0.357. The molecule has 1 amide bonds. The van der Waals surface area contributed by atoms with Gasteiger partial charge in [0.25, 0.3) is 5.91 Å². The molecule has 21 heavy (non-hydrogen) atoms. The number of hydrogen-bond donors (Lipinski definition) is 0. The molecule has 0 aliphatic heterocycles. The third-order valence-corrected chi connectivity index (χ3v) is 4.98. The summed E-state index contributed by atoms with van der Waals surface area (Å²) in [5.74, 6) is -0.357. The Balaban J connectivity index is 2.22. The van der Waals surface area contributed by atoms with Gasteiger partial charge in [-0.2, -0.15) is 10.1 Å². The van der Waals surface area contributed by atoms with Crippen molar-refractivity contribution in [3.8, 4) is 0 Å². The zero-order valence-corrected chi connectivity index (χ0v) is 13.5. The number of carbonyl (C=O) groups excluding carboxylic acids is 1. The molecule has 2 aromatic heterocycles. The van der Waals surface area contributed by atoms with E-state index in [1.807, 2.05) is 0 Å². The second-order valence-electron chi connectivity index (χ2n) is 4.41. The van der Waals surface area contributed by atoms with Crippen LogP contribution in [0, 0.1) is 0 Å². The molecule has 3 rings (SSSR count). The van der Waals surface area contributed by atoms with E-state index in [0.717, 1.165) is 10.2 Å². The molecule has 0 radical (unpaired) electrons. The fraction of sp³-hybridized carbons (Fsp3) is 0.154. The van der Waals surface area contributed by atoms with Crippen LogP contribution in [0.25, 0.3) is 10.2 Å². The van der Waals surface area contributed by atoms with Gasteiger partial charge in [0.15, 0.2) is 4.80 Å². The summed E-state index contributed by atoms with van der Waals surface area (Å²) in [6.07, 6.45) is 1.56. The second kappa shape index (κ2) is 5.29. The average molecular weight is 341 g/mol. The van der Waals surface area contributed by atoms with Crippen LogP contribution in [0.1, 0.15) is 10.5 Å². The van der Waals surface area contributed by atoms with Gasteiger partial charge in [0.05, 0.1) is 20.3 Å². The van der Waals surface area contributed by atoms with Crippen molar-refractivity contribution in [2.45, 2.75) is 0 Å². The van der Waals surface area contributed by atoms with Crippen LogP contribution in [0.15, 0.2) is 29.4 Å². The molecule has 3 aromatic rings. The van der Waals surface area contributed by atoms with Gasteiger partial charge in [0.2, 0.25) is 0 Å². The number of aromatic nitrogens is 3. The fourth-order valence-electron chi connectivity index (χ4n) is 2.01. The summed E-state index contributed by atoms with van der Waals surface area (Å²) >= 11 is 13.7. The van der Waals surface area contributed by atoms with Crippen molar-refractivity contribution in [2.75, 3.05) is 0 Å². The molecule has 0 fully saturated rings. The summed E-state index contributed by atoms with van der Waals surface area (Å²) in [5.41, 5.74) is 1.19. The highest BCUT2D eigenvalue weighted by molar-refractivity contribution is 7.17. The predicted octanol–water partition coefficient (Wildman–Crippen LogP) is 3.02. The molecule has 2 heterocycles. The summed E-state index contributed by atoms with van der Waals surface area (Å²) in [6, 6.07) is 5.08. The summed E-state index contributed by atoms with van der Waals surface area (Å²) in [4.78, 5) is 16.9. The molecule has 0 spiro atoms. The number of aryl methyl sites for hydroxylation is 2. The number of fused-ring (bicyclic) bond motifs is 1. The predicted molar refractivity (Wildman–Crippen MR) is 83.9 cm³/mol. The minimum absolute atomic E-state index is 0.357. The molecule has 0 saturated heterocycles. The molecule has 0 unspecified atom stereocenters. The Morgan fingerprint density at radius 2 is 1.95 bits per heavy atom. The highest BCUT2D eigenvalue weighted by Crippen LogP contribution is 2.31. The zero-order chi connectivity index (χ0) is 15.1. The lowest BCUT2D eigenvalue weighted by Crippen LogP contribution is -2.15. The number of thiazole rings is 1. The number of benzene rings is 1. The maximum Gasteiger partial charge on any atom is 0.297 e. The molecule has 0 N–H and O–H groups in total. The number of nitrogens with zero attached hydrogens (tertiary/aromatic N) is 4. The molecule has 0 atom stereocenters. The third-order valence-electron chi connectivity index (χ3n) is 3.09. The van der Waals surface area contributed by atoms with Gasteiger partial charge in [-0.15, -0.1) is 0 Å². The Kier molecular flexibility index (Phi) is 3.61. The van der Waals surface area contributed by atoms with E-state index in [1.54, 1.807) is 43.1 Å². The molecule has 0 aliphatic carbocycles. The molecule has 0 bridgehead atoms. The normalized spacial score (nSPS) is 12.3. The van der Waals surface area contributed by atoms with Crippen LogP contribution in [0.2, 0.25) is 10.0 Å². The minimum Gasteiger partial charge on any atom is -0.318 e. The van der Waals surface area contributed by atoms with Gasteiger partial charge in [-0.1, -0.05) is 34.5 Å². The van der Waals surface area contributed by atoms with Crippen molar-refractivity contribution in [3.05, 3.63) is 44.9 Å². The summed E-state index contributed by atoms with van der Waals surface area (Å²) in [6.45, 7) is 0. The van der Waals surface area contributed by atoms with Gasteiger partial charge < -0.3 is 4.57 Å². The Hall–Kier alpha value is -1.63. The monoisotopic (exact) mass is 340 g/mol. The lowest BCUT2D eigenvalue weighted by molar-refractivity contribution is 0.0989. The number of halogens is 2. The summed E-state index contributed by atoms with van der Waals surface area (Å²) in [7, 11) is 3.50. The first kappa shape index (κ1) is 14.3. The van der Waals surface area contributed by atoms with E-state index in [4.69, 9.17) is 23.2 Å². The number of carbonyl (C=O) groups is 1. The molecule has 108 valence electrons. The van der Waals surface area contributed by atoms with Gasteiger partial charge in [-0.3, -0.25) is 9.48 Å². The highest BCUT2D eigenvalue weighted by Gasteiger charge is 2.13. The summed E-state index contributed by atoms with van der Waals surface area (Å²) in [5, 5.41) is 5.12. The van der Waals surface area contributed by atoms with Crippen LogP contribution in [-0.2, 0) is 14.1 Å². The topological polar surface area (TPSA) is 52.2 Å². The Morgan fingerprint density at radius 1 is 1.24 bits per heavy atom. The van der Waals surface area contributed by atoms with Crippen LogP contribution in [0.3, 0.4) is 0 Å². The van der Waals surface area contributed by atoms with Crippen molar-refractivity contribution in [1.82, 2.24) is 14.3 Å². The molecular formula is C13H10Cl2N4OS. The number of rotatable bonds is 1. The van der Waals surface area contributed by atoms with E-state index in [2.05, 4.69) is 10.1 Å². The maximum absolute atomic E-state index is 12.2. The fourth-order valence-corrected chi connectivity index (χ4v) is 3.67. The Bertz CT molecular complexity index is 922. The van der Waals surface area contributed by atoms with E-state index >= 15 is 0 Å². The Morgan fingerprint density at radius 3 is 2.57 bits per heavy atom. The second-order valence-corrected chi connectivity index (χ2v) is 6.20. The zero-order valence-electron chi connectivity index (χ0n) is 11.2. The van der Waals surface area contributed by atoms with E-state index in [-0.39, 0.29) is 5.91 Å². The van der Waals surface area contributed by atoms with Gasteiger partial charge in [0, 0.05) is 20.3 Å². The quantitative estimate of drug-likeness (QED) is 0.683. The summed E-state index contributed by atoms with van der Waals surface area (Å²) < 4.78 is 4.06. The van der Waals surface area contributed by atoms with Crippen molar-refractivity contribution >= 4 is 50.7 Å². The first-order valence-electron chi connectivity index (χ1n) is 5.99. The maximum atomic E-state index is 12.2. The van der Waals surface area contributed by atoms with Crippen LogP contribution >= 0.6 is 34.5 Å². The van der Waals surface area contributed by atoms with Crippen molar-refractivity contribution < 1.29 is 4.79 Å². The van der Waals surface area contributed by atoms with Crippen molar-refractivity contribution in [1.29, 1.82) is 0 Å². The van der Waals surface area contributed by atoms with E-state index < -0.39 is 0 Å². The van der Waals surface area contributed by atoms with E-state index in [0.29, 0.717) is 20.5 Å². The SMILES string of the molecule is Cn1nccc1C(=O)N=c1sc2c(Cl)ccc(Cl)c2n1C. The molecular weight excluding hydrogens is 331 g/mol. The molecule has 5 nitrogen and oxygen atoms in total. The van der Waals surface area contributed by atoms with Crippen LogP contribution in [0.4, 0.5) is 0 Å². The molecule has 0 saturated carbocycles.